The molecule has 1 aliphatic rings. The Balaban J connectivity index is 1.89. The second-order valence-corrected chi connectivity index (χ2v) is 9.81. The van der Waals surface area contributed by atoms with E-state index in [9.17, 15) is 31.4 Å². The molecule has 35 heavy (non-hydrogen) atoms. The lowest BCUT2D eigenvalue weighted by molar-refractivity contribution is -0.143. The number of nitrogens with one attached hydrogen (secondary N) is 1. The molecule has 0 saturated carbocycles. The van der Waals surface area contributed by atoms with Crippen LogP contribution in [-0.4, -0.2) is 29.4 Å². The minimum absolute atomic E-state index is 0.0300. The molecule has 3 rings (SSSR count). The molecule has 194 valence electrons. The van der Waals surface area contributed by atoms with Gasteiger partial charge in [-0.05, 0) is 62.9 Å². The molecule has 1 fully saturated rings. The molecule has 0 aliphatic carbocycles. The zero-order valence-corrected chi connectivity index (χ0v) is 19.7. The molecule has 1 saturated heterocycles. The summed E-state index contributed by atoms with van der Waals surface area (Å²) in [7, 11) is 0. The molecule has 0 radical (unpaired) electrons. The molecule has 0 amide bonds. The van der Waals surface area contributed by atoms with E-state index in [2.05, 4.69) is 5.32 Å². The Hall–Kier alpha value is -2.14. The minimum Gasteiger partial charge on any atom is -0.389 e. The third-order valence-corrected chi connectivity index (χ3v) is 6.94. The highest BCUT2D eigenvalue weighted by Gasteiger charge is 2.48. The topological polar surface area (TPSA) is 67.5 Å². The fraction of sp³-hybridized carbons (Fsp3) is 0.520. The van der Waals surface area contributed by atoms with Crippen molar-refractivity contribution in [3.63, 3.8) is 0 Å². The number of benzene rings is 2. The summed E-state index contributed by atoms with van der Waals surface area (Å²) in [6.45, 7) is 4.85. The Bertz CT molecular complexity index is 975. The van der Waals surface area contributed by atoms with E-state index in [1.165, 1.54) is 6.92 Å². The first-order chi connectivity index (χ1) is 16.0. The summed E-state index contributed by atoms with van der Waals surface area (Å²) in [5.41, 5.74) is 1.37. The van der Waals surface area contributed by atoms with E-state index in [0.29, 0.717) is 25.0 Å². The van der Waals surface area contributed by atoms with Crippen molar-refractivity contribution in [3.8, 4) is 0 Å². The molecular formula is C25H30F6N2O2. The van der Waals surface area contributed by atoms with E-state index in [-0.39, 0.29) is 24.8 Å². The molecule has 1 aliphatic heterocycles. The molecule has 4 N–H and O–H groups in total. The summed E-state index contributed by atoms with van der Waals surface area (Å²) in [6.07, 6.45) is -10.1. The van der Waals surface area contributed by atoms with Gasteiger partial charge in [-0.1, -0.05) is 30.3 Å². The average molecular weight is 505 g/mol. The number of ether oxygens (including phenoxy) is 1. The molecule has 0 spiro atoms. The largest absolute Gasteiger partial charge is 0.416 e. The number of rotatable bonds is 6. The fourth-order valence-corrected chi connectivity index (χ4v) is 4.25. The Kier molecular flexibility index (Phi) is 7.36. The molecule has 0 unspecified atom stereocenters. The lowest BCUT2D eigenvalue weighted by atomic mass is 9.71. The van der Waals surface area contributed by atoms with Crippen molar-refractivity contribution in [1.29, 1.82) is 0 Å². The Morgan fingerprint density at radius 3 is 1.94 bits per heavy atom. The van der Waals surface area contributed by atoms with Gasteiger partial charge >= 0.3 is 12.4 Å². The second-order valence-electron chi connectivity index (χ2n) is 9.81. The quantitative estimate of drug-likeness (QED) is 0.452. The zero-order valence-electron chi connectivity index (χ0n) is 19.7. The molecule has 0 aromatic heterocycles. The van der Waals surface area contributed by atoms with Crippen molar-refractivity contribution in [2.24, 2.45) is 5.73 Å². The van der Waals surface area contributed by atoms with Crippen LogP contribution in [0.15, 0.2) is 48.5 Å². The molecule has 3 atom stereocenters. The van der Waals surface area contributed by atoms with Gasteiger partial charge < -0.3 is 20.9 Å². The van der Waals surface area contributed by atoms with Crippen LogP contribution in [0.25, 0.3) is 0 Å². The van der Waals surface area contributed by atoms with Crippen LogP contribution in [0, 0.1) is 0 Å². The van der Waals surface area contributed by atoms with Gasteiger partial charge in [-0.25, -0.2) is 0 Å². The van der Waals surface area contributed by atoms with Gasteiger partial charge in [0.15, 0.2) is 0 Å². The van der Waals surface area contributed by atoms with Crippen LogP contribution >= 0.6 is 0 Å². The second kappa shape index (κ2) is 9.38. The molecule has 1 heterocycles. The molecule has 4 nitrogen and oxygen atoms in total. The fourth-order valence-electron chi connectivity index (χ4n) is 4.25. The number of halogens is 6. The molecular weight excluding hydrogens is 474 g/mol. The van der Waals surface area contributed by atoms with E-state index in [4.69, 9.17) is 10.5 Å². The SMILES string of the molecule is C[C@@H](OC[C@@]1(c2ccccc2)CC[C@](N)(C(C)(C)O)CN1)c1cc(C(F)(F)F)cc(C(F)(F)F)c1. The predicted octanol–water partition coefficient (Wildman–Crippen LogP) is 5.55. The summed E-state index contributed by atoms with van der Waals surface area (Å²) in [5, 5.41) is 13.9. The number of alkyl halides is 6. The van der Waals surface area contributed by atoms with E-state index < -0.39 is 46.3 Å². The van der Waals surface area contributed by atoms with Gasteiger partial charge in [-0.3, -0.25) is 0 Å². The lowest BCUT2D eigenvalue weighted by Crippen LogP contribution is -2.69. The minimum atomic E-state index is -4.94. The summed E-state index contributed by atoms with van der Waals surface area (Å²) in [5.74, 6) is 0. The summed E-state index contributed by atoms with van der Waals surface area (Å²) < 4.78 is 85.6. The molecule has 2 aromatic rings. The number of hydrogen-bond acceptors (Lipinski definition) is 4. The standard InChI is InChI=1S/C25H30F6N2O2/c1-16(17-11-19(24(26,27)28)13-20(12-17)25(29,30)31)35-15-22(18-7-5-4-6-8-18)9-10-23(32,14-33-22)21(2,3)34/h4-8,11-13,16,33-34H,9-10,14-15,32H2,1-3H3/t16-,22-,23-/m1/s1. The number of nitrogens with two attached hydrogens (primary N) is 1. The van der Waals surface area contributed by atoms with Crippen molar-refractivity contribution in [2.45, 2.75) is 68.7 Å². The normalized spacial score (nSPS) is 24.9. The maximum Gasteiger partial charge on any atom is 0.416 e. The van der Waals surface area contributed by atoms with E-state index in [1.54, 1.807) is 13.8 Å². The molecule has 0 bridgehead atoms. The van der Waals surface area contributed by atoms with Crippen LogP contribution in [-0.2, 0) is 22.6 Å². The van der Waals surface area contributed by atoms with Gasteiger partial charge in [-0.15, -0.1) is 0 Å². The van der Waals surface area contributed by atoms with Crippen LogP contribution in [0.5, 0.6) is 0 Å². The van der Waals surface area contributed by atoms with Gasteiger partial charge in [0, 0.05) is 6.54 Å². The van der Waals surface area contributed by atoms with Crippen molar-refractivity contribution >= 4 is 0 Å². The lowest BCUT2D eigenvalue weighted by Gasteiger charge is -2.50. The summed E-state index contributed by atoms with van der Waals surface area (Å²) >= 11 is 0. The first-order valence-corrected chi connectivity index (χ1v) is 11.2. The Labute approximate surface area is 200 Å². The molecule has 10 heteroatoms. The highest BCUT2D eigenvalue weighted by molar-refractivity contribution is 5.35. The van der Waals surface area contributed by atoms with Gasteiger partial charge in [0.05, 0.1) is 40.5 Å². The third-order valence-electron chi connectivity index (χ3n) is 6.94. The number of piperidine rings is 1. The summed E-state index contributed by atoms with van der Waals surface area (Å²) in [6, 6.07) is 10.7. The predicted molar refractivity (Wildman–Crippen MR) is 119 cm³/mol. The highest BCUT2D eigenvalue weighted by atomic mass is 19.4. The van der Waals surface area contributed by atoms with Crippen LogP contribution in [0.1, 0.15) is 62.0 Å². The van der Waals surface area contributed by atoms with Gasteiger partial charge in [0.1, 0.15) is 0 Å². The monoisotopic (exact) mass is 504 g/mol. The summed E-state index contributed by atoms with van der Waals surface area (Å²) in [4.78, 5) is 0. The smallest absolute Gasteiger partial charge is 0.389 e. The maximum atomic E-state index is 13.3. The van der Waals surface area contributed by atoms with E-state index in [1.807, 2.05) is 30.3 Å². The Morgan fingerprint density at radius 1 is 0.971 bits per heavy atom. The molecule has 2 aromatic carbocycles. The van der Waals surface area contributed by atoms with Gasteiger partial charge in [0.2, 0.25) is 0 Å². The van der Waals surface area contributed by atoms with Gasteiger partial charge in [-0.2, -0.15) is 26.3 Å². The average Bonchev–Trinajstić information content (AvgIpc) is 2.77. The Morgan fingerprint density at radius 2 is 1.51 bits per heavy atom. The maximum absolute atomic E-state index is 13.3. The first-order valence-electron chi connectivity index (χ1n) is 11.2. The number of aliphatic hydroxyl groups is 1. The van der Waals surface area contributed by atoms with Crippen molar-refractivity contribution < 1.29 is 36.2 Å². The highest BCUT2D eigenvalue weighted by Crippen LogP contribution is 2.40. The van der Waals surface area contributed by atoms with Crippen LogP contribution in [0.4, 0.5) is 26.3 Å². The van der Waals surface area contributed by atoms with Crippen molar-refractivity contribution in [1.82, 2.24) is 5.32 Å². The van der Waals surface area contributed by atoms with Crippen LogP contribution < -0.4 is 11.1 Å². The van der Waals surface area contributed by atoms with Crippen molar-refractivity contribution in [2.75, 3.05) is 13.2 Å². The third kappa shape index (κ3) is 5.99. The van der Waals surface area contributed by atoms with Crippen LogP contribution in [0.2, 0.25) is 0 Å². The number of hydrogen-bond donors (Lipinski definition) is 3. The van der Waals surface area contributed by atoms with E-state index in [0.717, 1.165) is 5.56 Å². The first kappa shape index (κ1) is 27.4. The zero-order chi connectivity index (χ0) is 26.3. The van der Waals surface area contributed by atoms with Crippen LogP contribution in [0.3, 0.4) is 0 Å². The van der Waals surface area contributed by atoms with Crippen molar-refractivity contribution in [3.05, 3.63) is 70.8 Å². The van der Waals surface area contributed by atoms with Gasteiger partial charge in [0.25, 0.3) is 0 Å². The van der Waals surface area contributed by atoms with E-state index >= 15 is 0 Å².